The first-order valence-corrected chi connectivity index (χ1v) is 9.68. The van der Waals surface area contributed by atoms with Gasteiger partial charge in [-0.1, -0.05) is 30.3 Å². The van der Waals surface area contributed by atoms with E-state index in [2.05, 4.69) is 15.8 Å². The van der Waals surface area contributed by atoms with Gasteiger partial charge in [0.25, 0.3) is 5.91 Å². The van der Waals surface area contributed by atoms with Crippen molar-refractivity contribution in [2.45, 2.75) is 12.8 Å². The summed E-state index contributed by atoms with van der Waals surface area (Å²) in [6, 6.07) is 18.8. The number of nitrogens with one attached hydrogen (secondary N) is 2. The number of anilines is 1. The number of halogens is 3. The molecule has 0 fully saturated rings. The zero-order valence-electron chi connectivity index (χ0n) is 16.7. The molecular weight excluding hydrogens is 419 g/mol. The number of aromatic nitrogens is 1. The highest BCUT2D eigenvalue weighted by atomic mass is 19.4. The second-order valence-electron chi connectivity index (χ2n) is 6.99. The lowest BCUT2D eigenvalue weighted by atomic mass is 10.1. The first kappa shape index (κ1) is 21.2. The SMILES string of the molecule is O=C(NNc1ccc(C(F)(F)F)cc1)c1cccc(OCc2cncc3ccccc23)c1. The van der Waals surface area contributed by atoms with Gasteiger partial charge < -0.3 is 4.74 Å². The fourth-order valence-electron chi connectivity index (χ4n) is 3.13. The first-order chi connectivity index (χ1) is 15.4. The zero-order chi connectivity index (χ0) is 22.6. The molecule has 0 aliphatic heterocycles. The van der Waals surface area contributed by atoms with E-state index in [9.17, 15) is 18.0 Å². The van der Waals surface area contributed by atoms with Crippen LogP contribution in [0.5, 0.6) is 5.75 Å². The predicted molar refractivity (Wildman–Crippen MR) is 115 cm³/mol. The Morgan fingerprint density at radius 1 is 0.938 bits per heavy atom. The van der Waals surface area contributed by atoms with Crippen LogP contribution in [0, 0.1) is 0 Å². The summed E-state index contributed by atoms with van der Waals surface area (Å²) in [5.74, 6) is 0.0438. The highest BCUT2D eigenvalue weighted by Crippen LogP contribution is 2.29. The smallest absolute Gasteiger partial charge is 0.416 e. The third-order valence-corrected chi connectivity index (χ3v) is 4.77. The number of carbonyl (C=O) groups excluding carboxylic acids is 1. The summed E-state index contributed by atoms with van der Waals surface area (Å²) in [5, 5.41) is 2.05. The molecule has 1 aromatic heterocycles. The number of hydrogen-bond donors (Lipinski definition) is 2. The van der Waals surface area contributed by atoms with E-state index in [4.69, 9.17) is 4.74 Å². The Morgan fingerprint density at radius 3 is 2.50 bits per heavy atom. The summed E-state index contributed by atoms with van der Waals surface area (Å²) in [4.78, 5) is 16.7. The van der Waals surface area contributed by atoms with Gasteiger partial charge in [0.15, 0.2) is 0 Å². The number of rotatable bonds is 6. The molecule has 4 rings (SSSR count). The van der Waals surface area contributed by atoms with Gasteiger partial charge in [-0.25, -0.2) is 0 Å². The molecule has 3 aromatic carbocycles. The van der Waals surface area contributed by atoms with Crippen molar-refractivity contribution in [3.63, 3.8) is 0 Å². The van der Waals surface area contributed by atoms with Crippen molar-refractivity contribution in [1.82, 2.24) is 10.4 Å². The molecule has 0 spiro atoms. The molecule has 0 saturated carbocycles. The van der Waals surface area contributed by atoms with Crippen molar-refractivity contribution in [1.29, 1.82) is 0 Å². The Labute approximate surface area is 181 Å². The monoisotopic (exact) mass is 437 g/mol. The highest BCUT2D eigenvalue weighted by Gasteiger charge is 2.29. The number of hydrazine groups is 1. The van der Waals surface area contributed by atoms with E-state index < -0.39 is 17.6 Å². The maximum absolute atomic E-state index is 12.6. The summed E-state index contributed by atoms with van der Waals surface area (Å²) in [6.45, 7) is 0.281. The summed E-state index contributed by atoms with van der Waals surface area (Å²) in [7, 11) is 0. The van der Waals surface area contributed by atoms with E-state index in [-0.39, 0.29) is 6.61 Å². The Morgan fingerprint density at radius 2 is 1.72 bits per heavy atom. The van der Waals surface area contributed by atoms with Gasteiger partial charge in [0, 0.05) is 28.9 Å². The minimum absolute atomic E-state index is 0.281. The van der Waals surface area contributed by atoms with Gasteiger partial charge in [0.05, 0.1) is 11.3 Å². The molecule has 1 amide bonds. The highest BCUT2D eigenvalue weighted by molar-refractivity contribution is 5.95. The van der Waals surface area contributed by atoms with Crippen molar-refractivity contribution < 1.29 is 22.7 Å². The third-order valence-electron chi connectivity index (χ3n) is 4.77. The van der Waals surface area contributed by atoms with Gasteiger partial charge in [-0.15, -0.1) is 0 Å². The van der Waals surface area contributed by atoms with E-state index in [0.717, 1.165) is 28.5 Å². The van der Waals surface area contributed by atoms with Crippen LogP contribution in [0.1, 0.15) is 21.5 Å². The summed E-state index contributed by atoms with van der Waals surface area (Å²) in [6.07, 6.45) is -0.884. The van der Waals surface area contributed by atoms with Gasteiger partial charge in [0.2, 0.25) is 0 Å². The Bertz CT molecular complexity index is 1240. The van der Waals surface area contributed by atoms with Crippen LogP contribution in [0.4, 0.5) is 18.9 Å². The minimum atomic E-state index is -4.41. The van der Waals surface area contributed by atoms with Crippen LogP contribution in [-0.2, 0) is 12.8 Å². The van der Waals surface area contributed by atoms with E-state index in [1.54, 1.807) is 36.7 Å². The predicted octanol–water partition coefficient (Wildman–Crippen LogP) is 5.59. The second kappa shape index (κ2) is 8.97. The Balaban J connectivity index is 1.38. The normalized spacial score (nSPS) is 11.2. The summed E-state index contributed by atoms with van der Waals surface area (Å²) >= 11 is 0. The van der Waals surface area contributed by atoms with Crippen molar-refractivity contribution in [2.24, 2.45) is 0 Å². The van der Waals surface area contributed by atoms with Crippen LogP contribution in [0.25, 0.3) is 10.8 Å². The molecule has 1 heterocycles. The summed E-state index contributed by atoms with van der Waals surface area (Å²) in [5.41, 5.74) is 5.87. The quantitative estimate of drug-likeness (QED) is 0.386. The van der Waals surface area contributed by atoms with Crippen LogP contribution >= 0.6 is 0 Å². The minimum Gasteiger partial charge on any atom is -0.489 e. The number of amides is 1. The number of pyridine rings is 1. The fourth-order valence-corrected chi connectivity index (χ4v) is 3.13. The number of ether oxygens (including phenoxy) is 1. The van der Waals surface area contributed by atoms with Crippen LogP contribution in [0.15, 0.2) is 85.2 Å². The molecule has 5 nitrogen and oxygen atoms in total. The standard InChI is InChI=1S/C24H18F3N3O2/c25-24(26,27)19-8-10-20(11-9-19)29-30-23(31)16-5-3-6-21(12-16)32-15-18-14-28-13-17-4-1-2-7-22(17)18/h1-14,29H,15H2,(H,30,31). The molecule has 0 aliphatic rings. The first-order valence-electron chi connectivity index (χ1n) is 9.68. The average molecular weight is 437 g/mol. The zero-order valence-corrected chi connectivity index (χ0v) is 16.7. The molecule has 0 radical (unpaired) electrons. The molecule has 2 N–H and O–H groups in total. The Kier molecular flexibility index (Phi) is 5.93. The number of benzene rings is 3. The van der Waals surface area contributed by atoms with E-state index in [0.29, 0.717) is 17.0 Å². The van der Waals surface area contributed by atoms with Crippen molar-refractivity contribution in [2.75, 3.05) is 5.43 Å². The Hall–Kier alpha value is -4.07. The topological polar surface area (TPSA) is 63.2 Å². The van der Waals surface area contributed by atoms with E-state index in [1.165, 1.54) is 12.1 Å². The molecule has 162 valence electrons. The number of hydrogen-bond acceptors (Lipinski definition) is 4. The number of carbonyl (C=O) groups is 1. The summed E-state index contributed by atoms with van der Waals surface area (Å²) < 4.78 is 43.8. The molecule has 0 saturated heterocycles. The van der Waals surface area contributed by atoms with Crippen molar-refractivity contribution in [3.8, 4) is 5.75 Å². The maximum atomic E-state index is 12.6. The van der Waals surface area contributed by atoms with Gasteiger partial charge >= 0.3 is 6.18 Å². The van der Waals surface area contributed by atoms with E-state index >= 15 is 0 Å². The van der Waals surface area contributed by atoms with Gasteiger partial charge in [-0.3, -0.25) is 20.6 Å². The number of alkyl halides is 3. The molecule has 0 atom stereocenters. The van der Waals surface area contributed by atoms with Crippen molar-refractivity contribution >= 4 is 22.4 Å². The largest absolute Gasteiger partial charge is 0.489 e. The van der Waals surface area contributed by atoms with Gasteiger partial charge in [0.1, 0.15) is 12.4 Å². The van der Waals surface area contributed by atoms with Crippen LogP contribution in [-0.4, -0.2) is 10.9 Å². The second-order valence-corrected chi connectivity index (χ2v) is 6.99. The molecule has 8 heteroatoms. The molecule has 0 unspecified atom stereocenters. The molecule has 0 aliphatic carbocycles. The lowest BCUT2D eigenvalue weighted by Gasteiger charge is -2.12. The van der Waals surface area contributed by atoms with Crippen molar-refractivity contribution in [3.05, 3.63) is 102 Å². The molecule has 0 bridgehead atoms. The van der Waals surface area contributed by atoms with Gasteiger partial charge in [-0.2, -0.15) is 13.2 Å². The van der Waals surface area contributed by atoms with Crippen LogP contribution in [0.3, 0.4) is 0 Å². The van der Waals surface area contributed by atoms with E-state index in [1.807, 2.05) is 24.3 Å². The average Bonchev–Trinajstić information content (AvgIpc) is 2.81. The van der Waals surface area contributed by atoms with Gasteiger partial charge in [-0.05, 0) is 47.9 Å². The third kappa shape index (κ3) is 4.97. The lowest BCUT2D eigenvalue weighted by molar-refractivity contribution is -0.137. The molecular formula is C24H18F3N3O2. The molecule has 4 aromatic rings. The lowest BCUT2D eigenvalue weighted by Crippen LogP contribution is -2.29. The fraction of sp³-hybridized carbons (Fsp3) is 0.0833. The number of nitrogens with zero attached hydrogens (tertiary/aromatic N) is 1. The van der Waals surface area contributed by atoms with Crippen LogP contribution < -0.4 is 15.6 Å². The molecule has 32 heavy (non-hydrogen) atoms. The van der Waals surface area contributed by atoms with Crippen LogP contribution in [0.2, 0.25) is 0 Å². The maximum Gasteiger partial charge on any atom is 0.416 e. The number of fused-ring (bicyclic) bond motifs is 1.